The molecule has 29 heavy (non-hydrogen) atoms. The molecule has 1 fully saturated rings. The Morgan fingerprint density at radius 2 is 1.83 bits per heavy atom. The van der Waals surface area contributed by atoms with Crippen molar-refractivity contribution in [3.8, 4) is 23.0 Å². The van der Waals surface area contributed by atoms with Gasteiger partial charge in [-0.15, -0.1) is 0 Å². The van der Waals surface area contributed by atoms with Crippen LogP contribution in [0.2, 0.25) is 0 Å². The van der Waals surface area contributed by atoms with E-state index in [2.05, 4.69) is 5.32 Å². The van der Waals surface area contributed by atoms with E-state index in [4.69, 9.17) is 31.2 Å². The molecule has 1 amide bonds. The lowest BCUT2D eigenvalue weighted by Gasteiger charge is -2.13. The summed E-state index contributed by atoms with van der Waals surface area (Å²) in [5.74, 6) is 2.48. The molecule has 0 bridgehead atoms. The van der Waals surface area contributed by atoms with Crippen LogP contribution in [0.3, 0.4) is 0 Å². The van der Waals surface area contributed by atoms with E-state index in [1.165, 1.54) is 11.8 Å². The first-order valence-corrected chi connectivity index (χ1v) is 10.2. The summed E-state index contributed by atoms with van der Waals surface area (Å²) in [6.45, 7) is 3.12. The molecular weight excluding hydrogens is 410 g/mol. The fourth-order valence-electron chi connectivity index (χ4n) is 2.58. The molecule has 2 aromatic carbocycles. The number of thiocarbonyl (C=S) groups is 1. The Kier molecular flexibility index (Phi) is 7.37. The minimum Gasteiger partial charge on any atom is -0.497 e. The van der Waals surface area contributed by atoms with E-state index < -0.39 is 0 Å². The SMILES string of the molecule is CCOc1cc(/C=C2\SC(=S)NC2=O)ccc1OCCOc1cccc(OC)c1. The van der Waals surface area contributed by atoms with Crippen molar-refractivity contribution in [3.05, 3.63) is 52.9 Å². The monoisotopic (exact) mass is 431 g/mol. The molecule has 2 aromatic rings. The Morgan fingerprint density at radius 3 is 2.55 bits per heavy atom. The summed E-state index contributed by atoms with van der Waals surface area (Å²) in [6, 6.07) is 12.9. The molecule has 0 aromatic heterocycles. The van der Waals surface area contributed by atoms with Gasteiger partial charge in [-0.2, -0.15) is 0 Å². The lowest BCUT2D eigenvalue weighted by molar-refractivity contribution is -0.115. The number of methoxy groups -OCH3 is 1. The topological polar surface area (TPSA) is 66.0 Å². The van der Waals surface area contributed by atoms with Crippen LogP contribution in [0, 0.1) is 0 Å². The van der Waals surface area contributed by atoms with Crippen LogP contribution >= 0.6 is 24.0 Å². The molecule has 1 N–H and O–H groups in total. The normalized spacial score (nSPS) is 14.6. The molecule has 6 nitrogen and oxygen atoms in total. The van der Waals surface area contributed by atoms with Crippen LogP contribution in [0.5, 0.6) is 23.0 Å². The molecule has 8 heteroatoms. The van der Waals surface area contributed by atoms with Gasteiger partial charge in [0.1, 0.15) is 29.0 Å². The number of nitrogens with one attached hydrogen (secondary N) is 1. The minimum absolute atomic E-state index is 0.187. The van der Waals surface area contributed by atoms with Crippen molar-refractivity contribution < 1.29 is 23.7 Å². The maximum absolute atomic E-state index is 11.8. The van der Waals surface area contributed by atoms with Crippen LogP contribution < -0.4 is 24.3 Å². The zero-order chi connectivity index (χ0) is 20.6. The predicted molar refractivity (Wildman–Crippen MR) is 118 cm³/mol. The third-order valence-corrected chi connectivity index (χ3v) is 5.02. The first kappa shape index (κ1) is 21.0. The number of hydrogen-bond donors (Lipinski definition) is 1. The van der Waals surface area contributed by atoms with E-state index >= 15 is 0 Å². The summed E-state index contributed by atoms with van der Waals surface area (Å²) in [7, 11) is 1.61. The number of rotatable bonds is 9. The zero-order valence-electron chi connectivity index (χ0n) is 16.1. The van der Waals surface area contributed by atoms with E-state index in [1.54, 1.807) is 13.2 Å². The van der Waals surface area contributed by atoms with E-state index in [0.717, 1.165) is 11.3 Å². The molecule has 0 atom stereocenters. The van der Waals surface area contributed by atoms with Crippen molar-refractivity contribution in [3.63, 3.8) is 0 Å². The number of hydrogen-bond acceptors (Lipinski definition) is 7. The highest BCUT2D eigenvalue weighted by Gasteiger charge is 2.22. The van der Waals surface area contributed by atoms with Crippen molar-refractivity contribution in [2.45, 2.75) is 6.92 Å². The Labute approximate surface area is 179 Å². The number of amides is 1. The van der Waals surface area contributed by atoms with Crippen molar-refractivity contribution >= 4 is 40.3 Å². The van der Waals surface area contributed by atoms with Crippen LogP contribution in [0.4, 0.5) is 0 Å². The average molecular weight is 432 g/mol. The van der Waals surface area contributed by atoms with Gasteiger partial charge in [0.15, 0.2) is 11.5 Å². The second-order valence-electron chi connectivity index (χ2n) is 5.87. The maximum Gasteiger partial charge on any atom is 0.263 e. The second-order valence-corrected chi connectivity index (χ2v) is 7.59. The van der Waals surface area contributed by atoms with Crippen molar-refractivity contribution in [2.75, 3.05) is 26.9 Å². The summed E-state index contributed by atoms with van der Waals surface area (Å²) in [4.78, 5) is 12.4. The standard InChI is InChI=1S/C21H21NO5S2/c1-3-25-18-11-14(12-19-20(23)22-21(28)29-19)7-8-17(18)27-10-9-26-16-6-4-5-15(13-16)24-2/h4-8,11-13H,3,9-10H2,1-2H3,(H,22,23,28)/b19-12-. The van der Waals surface area contributed by atoms with Gasteiger partial charge >= 0.3 is 0 Å². The fourth-order valence-corrected chi connectivity index (χ4v) is 3.62. The summed E-state index contributed by atoms with van der Waals surface area (Å²) in [6.07, 6.45) is 1.78. The summed E-state index contributed by atoms with van der Waals surface area (Å²) < 4.78 is 22.8. The summed E-state index contributed by atoms with van der Waals surface area (Å²) in [5.41, 5.74) is 0.829. The number of ether oxygens (including phenoxy) is 4. The second kappa shape index (κ2) is 10.2. The minimum atomic E-state index is -0.187. The Morgan fingerprint density at radius 1 is 1.03 bits per heavy atom. The van der Waals surface area contributed by atoms with Gasteiger partial charge in [-0.1, -0.05) is 36.1 Å². The molecule has 0 unspecified atom stereocenters. The van der Waals surface area contributed by atoms with Gasteiger partial charge in [-0.3, -0.25) is 4.79 Å². The fraction of sp³-hybridized carbons (Fsp3) is 0.238. The lowest BCUT2D eigenvalue weighted by atomic mass is 10.2. The van der Waals surface area contributed by atoms with E-state index in [1.807, 2.05) is 49.4 Å². The average Bonchev–Trinajstić information content (AvgIpc) is 3.03. The van der Waals surface area contributed by atoms with Crippen LogP contribution in [0.25, 0.3) is 6.08 Å². The van der Waals surface area contributed by atoms with E-state index in [9.17, 15) is 4.79 Å². The van der Waals surface area contributed by atoms with Gasteiger partial charge < -0.3 is 24.3 Å². The van der Waals surface area contributed by atoms with Gasteiger partial charge in [0, 0.05) is 6.07 Å². The first-order chi connectivity index (χ1) is 14.1. The highest BCUT2D eigenvalue weighted by molar-refractivity contribution is 8.26. The Balaban J connectivity index is 1.62. The summed E-state index contributed by atoms with van der Waals surface area (Å²) in [5, 5.41) is 2.60. The van der Waals surface area contributed by atoms with Gasteiger partial charge in [-0.25, -0.2) is 0 Å². The van der Waals surface area contributed by atoms with Crippen molar-refractivity contribution in [1.29, 1.82) is 0 Å². The third kappa shape index (κ3) is 5.88. The molecule has 0 radical (unpaired) electrons. The molecule has 0 aliphatic carbocycles. The highest BCUT2D eigenvalue weighted by atomic mass is 32.2. The lowest BCUT2D eigenvalue weighted by Crippen LogP contribution is -2.17. The van der Waals surface area contributed by atoms with Crippen molar-refractivity contribution in [2.24, 2.45) is 0 Å². The molecular formula is C21H21NO5S2. The first-order valence-electron chi connectivity index (χ1n) is 9.00. The van der Waals surface area contributed by atoms with Crippen LogP contribution in [-0.2, 0) is 4.79 Å². The van der Waals surface area contributed by atoms with Crippen LogP contribution in [0.1, 0.15) is 12.5 Å². The van der Waals surface area contributed by atoms with Gasteiger partial charge in [0.2, 0.25) is 0 Å². The third-order valence-electron chi connectivity index (χ3n) is 3.86. The van der Waals surface area contributed by atoms with Gasteiger partial charge in [0.25, 0.3) is 5.91 Å². The molecule has 1 heterocycles. The van der Waals surface area contributed by atoms with Gasteiger partial charge in [-0.05, 0) is 42.8 Å². The largest absolute Gasteiger partial charge is 0.497 e. The Bertz CT molecular complexity index is 929. The smallest absolute Gasteiger partial charge is 0.263 e. The predicted octanol–water partition coefficient (Wildman–Crippen LogP) is 4.04. The molecule has 1 aliphatic rings. The molecule has 0 saturated carbocycles. The molecule has 0 spiro atoms. The number of benzene rings is 2. The van der Waals surface area contributed by atoms with Crippen LogP contribution in [0.15, 0.2) is 47.4 Å². The zero-order valence-corrected chi connectivity index (χ0v) is 17.7. The molecule has 3 rings (SSSR count). The quantitative estimate of drug-likeness (QED) is 0.365. The Hall–Kier alpha value is -2.71. The number of thioether (sulfide) groups is 1. The van der Waals surface area contributed by atoms with E-state index in [-0.39, 0.29) is 5.91 Å². The molecule has 152 valence electrons. The van der Waals surface area contributed by atoms with Crippen LogP contribution in [-0.4, -0.2) is 37.2 Å². The maximum atomic E-state index is 11.8. The molecule has 1 saturated heterocycles. The number of carbonyl (C=O) groups excluding carboxylic acids is 1. The number of carbonyl (C=O) groups is 1. The van der Waals surface area contributed by atoms with E-state index in [0.29, 0.717) is 46.3 Å². The summed E-state index contributed by atoms with van der Waals surface area (Å²) >= 11 is 6.26. The van der Waals surface area contributed by atoms with Gasteiger partial charge in [0.05, 0.1) is 18.6 Å². The molecule has 1 aliphatic heterocycles. The highest BCUT2D eigenvalue weighted by Crippen LogP contribution is 2.32. The van der Waals surface area contributed by atoms with Crippen molar-refractivity contribution in [1.82, 2.24) is 5.32 Å².